The molecule has 2 aromatic heterocycles. The summed E-state index contributed by atoms with van der Waals surface area (Å²) < 4.78 is 11.1. The minimum Gasteiger partial charge on any atom is -0.486 e. The summed E-state index contributed by atoms with van der Waals surface area (Å²) in [4.78, 5) is 35.0. The molecular formula is C23H25N3O4S2. The predicted molar refractivity (Wildman–Crippen MR) is 127 cm³/mol. The van der Waals surface area contributed by atoms with Crippen LogP contribution < -0.4 is 20.3 Å². The van der Waals surface area contributed by atoms with Gasteiger partial charge in [0.2, 0.25) is 5.91 Å². The van der Waals surface area contributed by atoms with E-state index in [9.17, 15) is 9.59 Å². The van der Waals surface area contributed by atoms with Gasteiger partial charge in [0.25, 0.3) is 5.56 Å². The molecule has 3 heterocycles. The van der Waals surface area contributed by atoms with Gasteiger partial charge in [-0.25, -0.2) is 4.98 Å². The Morgan fingerprint density at radius 3 is 2.94 bits per heavy atom. The van der Waals surface area contributed by atoms with Crippen molar-refractivity contribution in [3.8, 4) is 11.5 Å². The summed E-state index contributed by atoms with van der Waals surface area (Å²) in [5.41, 5.74) is 2.09. The Labute approximate surface area is 193 Å². The van der Waals surface area contributed by atoms with Crippen LogP contribution in [0.3, 0.4) is 0 Å². The number of fused-ring (bicyclic) bond motifs is 4. The molecule has 168 valence electrons. The van der Waals surface area contributed by atoms with Crippen LogP contribution in [-0.4, -0.2) is 34.3 Å². The highest BCUT2D eigenvalue weighted by molar-refractivity contribution is 7.99. The Balaban J connectivity index is 1.19. The van der Waals surface area contributed by atoms with E-state index >= 15 is 0 Å². The number of nitrogens with zero attached hydrogens (tertiary/aromatic N) is 1. The molecule has 1 amide bonds. The van der Waals surface area contributed by atoms with Gasteiger partial charge in [-0.3, -0.25) is 9.59 Å². The molecule has 0 saturated carbocycles. The van der Waals surface area contributed by atoms with Gasteiger partial charge in [0, 0.05) is 11.4 Å². The van der Waals surface area contributed by atoms with Crippen LogP contribution in [0.15, 0.2) is 23.0 Å². The zero-order valence-electron chi connectivity index (χ0n) is 17.9. The number of H-pyrrole nitrogens is 1. The van der Waals surface area contributed by atoms with Gasteiger partial charge in [0.15, 0.2) is 11.5 Å². The maximum atomic E-state index is 12.7. The molecule has 2 N–H and O–H groups in total. The topological polar surface area (TPSA) is 93.3 Å². The number of thiophene rings is 1. The van der Waals surface area contributed by atoms with Crippen LogP contribution in [0, 0.1) is 0 Å². The predicted octanol–water partition coefficient (Wildman–Crippen LogP) is 3.57. The summed E-state index contributed by atoms with van der Waals surface area (Å²) in [7, 11) is 0. The molecule has 5 rings (SSSR count). The highest BCUT2D eigenvalue weighted by Gasteiger charge is 2.21. The number of carbonyl (C=O) groups is 1. The van der Waals surface area contributed by atoms with Crippen molar-refractivity contribution in [3.05, 3.63) is 50.4 Å². The Hall–Kier alpha value is -2.52. The monoisotopic (exact) mass is 471 g/mol. The van der Waals surface area contributed by atoms with Crippen LogP contribution in [0.4, 0.5) is 0 Å². The van der Waals surface area contributed by atoms with E-state index in [2.05, 4.69) is 10.3 Å². The number of hydrogen-bond acceptors (Lipinski definition) is 7. The molecule has 0 radical (unpaired) electrons. The van der Waals surface area contributed by atoms with Crippen LogP contribution in [-0.2, 0) is 29.9 Å². The van der Waals surface area contributed by atoms with Gasteiger partial charge in [0.05, 0.1) is 16.4 Å². The lowest BCUT2D eigenvalue weighted by molar-refractivity contribution is -0.120. The number of benzene rings is 1. The van der Waals surface area contributed by atoms with Crippen molar-refractivity contribution in [3.63, 3.8) is 0 Å². The molecule has 2 aliphatic rings. The Kier molecular flexibility index (Phi) is 6.10. The molecule has 1 unspecified atom stereocenters. The van der Waals surface area contributed by atoms with E-state index in [-0.39, 0.29) is 16.7 Å². The van der Waals surface area contributed by atoms with Gasteiger partial charge in [-0.1, -0.05) is 6.07 Å². The van der Waals surface area contributed by atoms with E-state index in [1.165, 1.54) is 28.6 Å². The third-order valence-corrected chi connectivity index (χ3v) is 8.13. The second-order valence-corrected chi connectivity index (χ2v) is 10.5. The number of thioether (sulfide) groups is 1. The highest BCUT2D eigenvalue weighted by atomic mass is 32.2. The van der Waals surface area contributed by atoms with Crippen molar-refractivity contribution in [2.24, 2.45) is 0 Å². The molecule has 1 aromatic carbocycles. The summed E-state index contributed by atoms with van der Waals surface area (Å²) in [6.07, 6.45) is 4.32. The van der Waals surface area contributed by atoms with Crippen molar-refractivity contribution in [2.75, 3.05) is 13.2 Å². The van der Waals surface area contributed by atoms with Gasteiger partial charge in [-0.15, -0.1) is 23.1 Å². The van der Waals surface area contributed by atoms with Crippen molar-refractivity contribution in [2.45, 2.75) is 50.2 Å². The molecule has 9 heteroatoms. The number of nitrogens with one attached hydrogen (secondary N) is 2. The molecule has 0 fully saturated rings. The lowest BCUT2D eigenvalue weighted by Crippen LogP contribution is -2.30. The normalized spacial score (nSPS) is 15.9. The van der Waals surface area contributed by atoms with Gasteiger partial charge < -0.3 is 19.8 Å². The standard InChI is InChI=1S/C23H25N3O4S2/c1-13(21(27)24-11-14-6-7-16-17(10-14)30-9-8-29-16)31-12-19-25-22(28)20-15-4-2-3-5-18(15)32-23(20)26-19/h6-7,10,13H,2-5,8-9,11-12H2,1H3,(H,24,27)(H,25,26,28). The van der Waals surface area contributed by atoms with Gasteiger partial charge in [-0.2, -0.15) is 0 Å². The second-order valence-electron chi connectivity index (χ2n) is 8.05. The maximum absolute atomic E-state index is 12.7. The molecule has 3 aromatic rings. The average Bonchev–Trinajstić information content (AvgIpc) is 3.19. The summed E-state index contributed by atoms with van der Waals surface area (Å²) in [5.74, 6) is 2.50. The zero-order valence-corrected chi connectivity index (χ0v) is 19.5. The van der Waals surface area contributed by atoms with Crippen molar-refractivity contribution < 1.29 is 14.3 Å². The highest BCUT2D eigenvalue weighted by Crippen LogP contribution is 2.34. The SMILES string of the molecule is CC(SCc1nc2sc3c(c2c(=O)[nH]1)CCCC3)C(=O)NCc1ccc2c(c1)OCCO2. The van der Waals surface area contributed by atoms with Crippen molar-refractivity contribution in [1.82, 2.24) is 15.3 Å². The van der Waals surface area contributed by atoms with Gasteiger partial charge in [0.1, 0.15) is 23.9 Å². The molecule has 1 aliphatic heterocycles. The minimum atomic E-state index is -0.273. The molecule has 0 bridgehead atoms. The van der Waals surface area contributed by atoms with E-state index in [1.54, 1.807) is 11.3 Å². The van der Waals surface area contributed by atoms with E-state index < -0.39 is 0 Å². The fourth-order valence-corrected chi connectivity index (χ4v) is 6.15. The number of carbonyl (C=O) groups excluding carboxylic acids is 1. The van der Waals surface area contributed by atoms with Crippen LogP contribution in [0.5, 0.6) is 11.5 Å². The number of aromatic amines is 1. The first-order valence-corrected chi connectivity index (χ1v) is 12.8. The first-order chi connectivity index (χ1) is 15.6. The van der Waals surface area contributed by atoms with Crippen molar-refractivity contribution >= 4 is 39.2 Å². The number of ether oxygens (including phenoxy) is 2. The fourth-order valence-electron chi connectivity index (χ4n) is 4.09. The van der Waals surface area contributed by atoms with E-state index in [0.29, 0.717) is 37.1 Å². The molecule has 7 nitrogen and oxygen atoms in total. The number of aromatic nitrogens is 2. The molecule has 0 saturated heterocycles. The van der Waals surface area contributed by atoms with Crippen LogP contribution >= 0.6 is 23.1 Å². The van der Waals surface area contributed by atoms with E-state index in [1.807, 2.05) is 25.1 Å². The Morgan fingerprint density at radius 2 is 2.06 bits per heavy atom. The quantitative estimate of drug-likeness (QED) is 0.571. The van der Waals surface area contributed by atoms with Gasteiger partial charge >= 0.3 is 0 Å². The summed E-state index contributed by atoms with van der Waals surface area (Å²) >= 11 is 3.11. The summed E-state index contributed by atoms with van der Waals surface area (Å²) in [6, 6.07) is 5.70. The number of amides is 1. The lowest BCUT2D eigenvalue weighted by Gasteiger charge is -2.19. The Morgan fingerprint density at radius 1 is 1.25 bits per heavy atom. The average molecular weight is 472 g/mol. The lowest BCUT2D eigenvalue weighted by atomic mass is 9.97. The van der Waals surface area contributed by atoms with Crippen LogP contribution in [0.2, 0.25) is 0 Å². The summed E-state index contributed by atoms with van der Waals surface area (Å²) in [6.45, 7) is 3.37. The third-order valence-electron chi connectivity index (χ3n) is 5.79. The molecular weight excluding hydrogens is 446 g/mol. The molecule has 1 atom stereocenters. The van der Waals surface area contributed by atoms with Gasteiger partial charge in [-0.05, 0) is 55.9 Å². The third kappa shape index (κ3) is 4.36. The van der Waals surface area contributed by atoms with E-state index in [0.717, 1.165) is 40.8 Å². The van der Waals surface area contributed by atoms with Crippen LogP contribution in [0.25, 0.3) is 10.2 Å². The van der Waals surface area contributed by atoms with Crippen LogP contribution in [0.1, 0.15) is 41.6 Å². The Bertz CT molecular complexity index is 1220. The first-order valence-electron chi connectivity index (χ1n) is 10.9. The smallest absolute Gasteiger partial charge is 0.259 e. The number of hydrogen-bond donors (Lipinski definition) is 2. The number of rotatable bonds is 6. The van der Waals surface area contributed by atoms with E-state index in [4.69, 9.17) is 14.5 Å². The summed E-state index contributed by atoms with van der Waals surface area (Å²) in [5, 5.41) is 3.46. The fraction of sp³-hybridized carbons (Fsp3) is 0.435. The largest absolute Gasteiger partial charge is 0.486 e. The number of aryl methyl sites for hydroxylation is 2. The van der Waals surface area contributed by atoms with Crippen molar-refractivity contribution in [1.29, 1.82) is 0 Å². The minimum absolute atomic E-state index is 0.0549. The molecule has 1 aliphatic carbocycles. The second kappa shape index (κ2) is 9.15. The first kappa shape index (κ1) is 21.3. The molecule has 32 heavy (non-hydrogen) atoms. The zero-order chi connectivity index (χ0) is 22.1. The maximum Gasteiger partial charge on any atom is 0.259 e. The molecule has 0 spiro atoms.